The molecule has 1 nitrogen and oxygen atoms in total. The summed E-state index contributed by atoms with van der Waals surface area (Å²) in [5.74, 6) is 1.02. The number of hydrogen-bond acceptors (Lipinski definition) is 1. The van der Waals surface area contributed by atoms with Gasteiger partial charge in [-0.25, -0.2) is 0 Å². The first-order valence-electron chi connectivity index (χ1n) is 10.5. The normalized spacial score (nSPS) is 14.7. The van der Waals surface area contributed by atoms with Gasteiger partial charge in [0.15, 0.2) is 8.07 Å². The molecule has 1 aromatic heterocycles. The first-order valence-corrected chi connectivity index (χ1v) is 14.7. The SMILES string of the molecule is IC1=C(c2oc3ccccc3c2I)[Si](c2ccccc2)(c2ccccc2)c2ccccc21. The summed E-state index contributed by atoms with van der Waals surface area (Å²) in [6, 6.07) is 39.4. The van der Waals surface area contributed by atoms with Crippen molar-refractivity contribution in [1.82, 2.24) is 0 Å². The van der Waals surface area contributed by atoms with Crippen LogP contribution < -0.4 is 15.6 Å². The standard InChI is InChI=1S/C28H18I2OSi/c29-25-21-15-7-9-17-23(21)31-27(25)28-26(30)22-16-8-10-18-24(22)32(28,19-11-3-1-4-12-19)20-13-5-2-6-14-20/h1-18H. The van der Waals surface area contributed by atoms with Crippen molar-refractivity contribution in [2.24, 2.45) is 0 Å². The average Bonchev–Trinajstić information content (AvgIpc) is 3.32. The molecule has 0 saturated carbocycles. The summed E-state index contributed by atoms with van der Waals surface area (Å²) < 4.78 is 9.14. The smallest absolute Gasteiger partial charge is 0.186 e. The maximum absolute atomic E-state index is 6.65. The van der Waals surface area contributed by atoms with E-state index in [2.05, 4.69) is 148 Å². The van der Waals surface area contributed by atoms with Crippen molar-refractivity contribution < 1.29 is 4.42 Å². The Hall–Kier alpha value is -2.16. The molecular weight excluding hydrogens is 634 g/mol. The monoisotopic (exact) mass is 652 g/mol. The predicted octanol–water partition coefficient (Wildman–Crippen LogP) is 6.36. The summed E-state index contributed by atoms with van der Waals surface area (Å²) in [6.07, 6.45) is 0. The second kappa shape index (κ2) is 8.00. The van der Waals surface area contributed by atoms with Crippen LogP contribution >= 0.6 is 45.2 Å². The Labute approximate surface area is 215 Å². The molecule has 0 saturated heterocycles. The minimum absolute atomic E-state index is 0.948. The molecule has 0 spiro atoms. The van der Waals surface area contributed by atoms with Crippen molar-refractivity contribution >= 4 is 88.6 Å². The van der Waals surface area contributed by atoms with Gasteiger partial charge in [-0.1, -0.05) is 103 Å². The third-order valence-electron chi connectivity index (χ3n) is 6.34. The molecule has 0 atom stereocenters. The van der Waals surface area contributed by atoms with E-state index in [1.54, 1.807) is 0 Å². The van der Waals surface area contributed by atoms with E-state index in [1.807, 2.05) is 6.07 Å². The van der Waals surface area contributed by atoms with Gasteiger partial charge in [0, 0.05) is 14.2 Å². The van der Waals surface area contributed by atoms with Gasteiger partial charge in [0.25, 0.3) is 0 Å². The zero-order chi connectivity index (χ0) is 21.7. The van der Waals surface area contributed by atoms with Crippen LogP contribution in [0.1, 0.15) is 11.3 Å². The summed E-state index contributed by atoms with van der Waals surface area (Å²) in [5, 5.41) is 6.75. The maximum Gasteiger partial charge on any atom is 0.186 e. The van der Waals surface area contributed by atoms with E-state index in [0.717, 1.165) is 11.3 Å². The Balaban J connectivity index is 1.80. The van der Waals surface area contributed by atoms with Crippen LogP contribution in [0.5, 0.6) is 0 Å². The van der Waals surface area contributed by atoms with Gasteiger partial charge in [-0.15, -0.1) is 0 Å². The van der Waals surface area contributed by atoms with Crippen LogP contribution in [0.4, 0.5) is 0 Å². The lowest BCUT2D eigenvalue weighted by molar-refractivity contribution is 0.600. The summed E-state index contributed by atoms with van der Waals surface area (Å²) in [4.78, 5) is 0. The number of halogens is 2. The van der Waals surface area contributed by atoms with E-state index in [4.69, 9.17) is 4.42 Å². The minimum Gasteiger partial charge on any atom is -0.456 e. The van der Waals surface area contributed by atoms with Crippen LogP contribution in [0.15, 0.2) is 114 Å². The van der Waals surface area contributed by atoms with Crippen LogP contribution in [0.3, 0.4) is 0 Å². The fourth-order valence-electron chi connectivity index (χ4n) is 5.02. The lowest BCUT2D eigenvalue weighted by atomic mass is 10.2. The van der Waals surface area contributed by atoms with E-state index in [0.29, 0.717) is 0 Å². The first kappa shape index (κ1) is 20.4. The molecule has 1 aliphatic heterocycles. The summed E-state index contributed by atoms with van der Waals surface area (Å²) in [7, 11) is -2.56. The Morgan fingerprint density at radius 2 is 1.16 bits per heavy atom. The fraction of sp³-hybridized carbons (Fsp3) is 0. The molecule has 0 unspecified atom stereocenters. The van der Waals surface area contributed by atoms with Gasteiger partial charge >= 0.3 is 0 Å². The third-order valence-corrected chi connectivity index (χ3v) is 13.9. The molecule has 2 heterocycles. The van der Waals surface area contributed by atoms with E-state index in [-0.39, 0.29) is 0 Å². The van der Waals surface area contributed by atoms with Gasteiger partial charge in [0.2, 0.25) is 0 Å². The van der Waals surface area contributed by atoms with Crippen LogP contribution in [0.25, 0.3) is 19.7 Å². The van der Waals surface area contributed by atoms with Crippen LogP contribution in [-0.4, -0.2) is 8.07 Å². The molecule has 32 heavy (non-hydrogen) atoms. The first-order chi connectivity index (χ1) is 15.7. The molecule has 1 aliphatic rings. The number of hydrogen-bond donors (Lipinski definition) is 0. The van der Waals surface area contributed by atoms with Crippen molar-refractivity contribution in [3.8, 4) is 0 Å². The number of para-hydroxylation sites is 1. The highest BCUT2D eigenvalue weighted by atomic mass is 127. The number of furan rings is 1. The average molecular weight is 652 g/mol. The van der Waals surface area contributed by atoms with Crippen LogP contribution in [0.2, 0.25) is 0 Å². The highest BCUT2D eigenvalue weighted by molar-refractivity contribution is 14.1. The Morgan fingerprint density at radius 1 is 0.594 bits per heavy atom. The van der Waals surface area contributed by atoms with E-state index >= 15 is 0 Å². The van der Waals surface area contributed by atoms with Gasteiger partial charge in [-0.05, 0) is 72.4 Å². The summed E-state index contributed by atoms with van der Waals surface area (Å²) in [5.41, 5.74) is 2.28. The zero-order valence-corrected chi connectivity index (χ0v) is 22.4. The molecule has 4 aromatic carbocycles. The largest absolute Gasteiger partial charge is 0.456 e. The Bertz CT molecular complexity index is 1450. The maximum atomic E-state index is 6.65. The second-order valence-electron chi connectivity index (χ2n) is 7.96. The van der Waals surface area contributed by atoms with Crippen LogP contribution in [-0.2, 0) is 0 Å². The molecule has 0 aliphatic carbocycles. The summed E-state index contributed by atoms with van der Waals surface area (Å²) in [6.45, 7) is 0. The van der Waals surface area contributed by atoms with E-state index in [9.17, 15) is 0 Å². The fourth-order valence-corrected chi connectivity index (χ4v) is 13.4. The van der Waals surface area contributed by atoms with Crippen LogP contribution in [0, 0.1) is 3.57 Å². The topological polar surface area (TPSA) is 13.1 Å². The van der Waals surface area contributed by atoms with Gasteiger partial charge < -0.3 is 4.42 Å². The highest BCUT2D eigenvalue weighted by Crippen LogP contribution is 2.46. The molecular formula is C28H18I2OSi. The molecule has 5 aromatic rings. The van der Waals surface area contributed by atoms with Crippen molar-refractivity contribution in [3.05, 3.63) is 124 Å². The Kier molecular flexibility index (Phi) is 5.11. The quantitative estimate of drug-likeness (QED) is 0.163. The van der Waals surface area contributed by atoms with Crippen molar-refractivity contribution in [2.45, 2.75) is 0 Å². The molecule has 0 N–H and O–H groups in total. The molecule has 0 amide bonds. The molecule has 6 rings (SSSR count). The molecule has 0 bridgehead atoms. The number of benzene rings is 4. The molecule has 0 fully saturated rings. The molecule has 0 radical (unpaired) electrons. The lowest BCUT2D eigenvalue weighted by Crippen LogP contribution is -2.66. The van der Waals surface area contributed by atoms with Gasteiger partial charge in [-0.3, -0.25) is 0 Å². The molecule has 154 valence electrons. The van der Waals surface area contributed by atoms with E-state index in [1.165, 1.54) is 38.9 Å². The Morgan fingerprint density at radius 3 is 1.81 bits per heavy atom. The third kappa shape index (κ3) is 2.85. The number of fused-ring (bicyclic) bond motifs is 2. The highest BCUT2D eigenvalue weighted by Gasteiger charge is 2.52. The minimum atomic E-state index is -2.56. The van der Waals surface area contributed by atoms with Gasteiger partial charge in [-0.2, -0.15) is 0 Å². The van der Waals surface area contributed by atoms with Crippen molar-refractivity contribution in [3.63, 3.8) is 0 Å². The van der Waals surface area contributed by atoms with Gasteiger partial charge in [0.05, 0.1) is 3.57 Å². The summed E-state index contributed by atoms with van der Waals surface area (Å²) >= 11 is 5.04. The van der Waals surface area contributed by atoms with E-state index < -0.39 is 8.07 Å². The van der Waals surface area contributed by atoms with Crippen molar-refractivity contribution in [1.29, 1.82) is 0 Å². The van der Waals surface area contributed by atoms with Gasteiger partial charge in [0.1, 0.15) is 11.3 Å². The predicted molar refractivity (Wildman–Crippen MR) is 154 cm³/mol. The lowest BCUT2D eigenvalue weighted by Gasteiger charge is -2.32. The van der Waals surface area contributed by atoms with Crippen molar-refractivity contribution in [2.75, 3.05) is 0 Å². The second-order valence-corrected chi connectivity index (χ2v) is 13.8. The zero-order valence-electron chi connectivity index (χ0n) is 17.1. The molecule has 4 heteroatoms. The number of rotatable bonds is 3.